The highest BCUT2D eigenvalue weighted by atomic mass is 16.1. The third-order valence-corrected chi connectivity index (χ3v) is 6.41. The van der Waals surface area contributed by atoms with Crippen LogP contribution in [0.4, 0.5) is 0 Å². The minimum atomic E-state index is 0.0781. The number of likely N-dealkylation sites (tertiary alicyclic amines) is 1. The van der Waals surface area contributed by atoms with E-state index >= 15 is 0 Å². The van der Waals surface area contributed by atoms with Crippen LogP contribution in [0.1, 0.15) is 76.5 Å². The van der Waals surface area contributed by atoms with E-state index in [1.165, 1.54) is 56.3 Å². The van der Waals surface area contributed by atoms with Gasteiger partial charge in [-0.25, -0.2) is 0 Å². The van der Waals surface area contributed by atoms with Gasteiger partial charge in [-0.05, 0) is 68.2 Å². The molecule has 3 heteroatoms. The van der Waals surface area contributed by atoms with Crippen molar-refractivity contribution in [2.24, 2.45) is 0 Å². The van der Waals surface area contributed by atoms with Gasteiger partial charge in [0.05, 0.1) is 6.04 Å². The highest BCUT2D eigenvalue weighted by Crippen LogP contribution is 2.48. The van der Waals surface area contributed by atoms with E-state index in [1.807, 2.05) is 0 Å². The van der Waals surface area contributed by atoms with Crippen molar-refractivity contribution < 1.29 is 4.79 Å². The van der Waals surface area contributed by atoms with Crippen LogP contribution in [-0.2, 0) is 10.2 Å². The van der Waals surface area contributed by atoms with Crippen molar-refractivity contribution >= 4 is 5.91 Å². The molecule has 1 amide bonds. The summed E-state index contributed by atoms with van der Waals surface area (Å²) in [6.07, 6.45) is 7.29. The van der Waals surface area contributed by atoms with Gasteiger partial charge in [-0.1, -0.05) is 38.1 Å². The summed E-state index contributed by atoms with van der Waals surface area (Å²) in [5.74, 6) is 0.0781. The van der Waals surface area contributed by atoms with Gasteiger partial charge < -0.3 is 10.2 Å². The van der Waals surface area contributed by atoms with Crippen LogP contribution in [-0.4, -0.2) is 29.9 Å². The molecule has 0 radical (unpaired) electrons. The van der Waals surface area contributed by atoms with E-state index in [-0.39, 0.29) is 11.9 Å². The van der Waals surface area contributed by atoms with Crippen LogP contribution in [0.5, 0.6) is 0 Å². The first-order chi connectivity index (χ1) is 11.6. The summed E-state index contributed by atoms with van der Waals surface area (Å²) in [7, 11) is 0. The first kappa shape index (κ1) is 17.5. The van der Waals surface area contributed by atoms with Crippen LogP contribution >= 0.6 is 0 Å². The van der Waals surface area contributed by atoms with Gasteiger partial charge in [-0.3, -0.25) is 4.79 Å². The van der Waals surface area contributed by atoms with Crippen LogP contribution in [0.3, 0.4) is 0 Å². The molecule has 1 aliphatic heterocycles. The Kier molecular flexibility index (Phi) is 5.29. The number of rotatable bonds is 4. The smallest absolute Gasteiger partial charge is 0.217 e. The number of nitrogens with one attached hydrogen (secondary N) is 1. The molecule has 1 unspecified atom stereocenters. The normalized spacial score (nSPS) is 23.2. The number of piperidine rings is 1. The molecule has 1 fully saturated rings. The molecule has 1 aromatic carbocycles. The van der Waals surface area contributed by atoms with Crippen molar-refractivity contribution in [1.82, 2.24) is 10.2 Å². The van der Waals surface area contributed by atoms with Crippen LogP contribution in [0.15, 0.2) is 24.3 Å². The van der Waals surface area contributed by atoms with E-state index in [0.29, 0.717) is 5.41 Å². The Morgan fingerprint density at radius 3 is 2.50 bits per heavy atom. The molecule has 1 N–H and O–H groups in total. The Morgan fingerprint density at radius 1 is 1.21 bits per heavy atom. The zero-order valence-corrected chi connectivity index (χ0v) is 15.5. The Hall–Kier alpha value is -1.35. The lowest BCUT2D eigenvalue weighted by atomic mass is 9.63. The van der Waals surface area contributed by atoms with Gasteiger partial charge in [0.15, 0.2) is 0 Å². The molecule has 0 bridgehead atoms. The van der Waals surface area contributed by atoms with Crippen molar-refractivity contribution in [3.8, 4) is 0 Å². The lowest BCUT2D eigenvalue weighted by Crippen LogP contribution is -2.48. The summed E-state index contributed by atoms with van der Waals surface area (Å²) in [6.45, 7) is 8.68. The van der Waals surface area contributed by atoms with Gasteiger partial charge >= 0.3 is 0 Å². The average molecular weight is 329 g/mol. The molecular formula is C21H32N2O. The number of amides is 1. The molecule has 2 aliphatic rings. The van der Waals surface area contributed by atoms with Gasteiger partial charge in [0, 0.05) is 13.0 Å². The number of carbonyl (C=O) groups excluding carboxylic acids is 1. The first-order valence-corrected chi connectivity index (χ1v) is 9.70. The zero-order valence-electron chi connectivity index (χ0n) is 15.5. The number of hydrogen-bond donors (Lipinski definition) is 1. The highest BCUT2D eigenvalue weighted by Gasteiger charge is 2.42. The summed E-state index contributed by atoms with van der Waals surface area (Å²) in [5, 5.41) is 3.16. The second-order valence-corrected chi connectivity index (χ2v) is 7.67. The first-order valence-electron chi connectivity index (χ1n) is 9.70. The van der Waals surface area contributed by atoms with E-state index in [0.717, 1.165) is 12.5 Å². The summed E-state index contributed by atoms with van der Waals surface area (Å²) >= 11 is 0. The Bertz CT molecular complexity index is 571. The van der Waals surface area contributed by atoms with Crippen LogP contribution in [0.25, 0.3) is 0 Å². The molecule has 132 valence electrons. The van der Waals surface area contributed by atoms with E-state index < -0.39 is 0 Å². The fourth-order valence-electron chi connectivity index (χ4n) is 5.03. The quantitative estimate of drug-likeness (QED) is 0.899. The molecule has 1 spiro atoms. The largest absolute Gasteiger partial charge is 0.350 e. The molecule has 0 aromatic heterocycles. The third-order valence-electron chi connectivity index (χ3n) is 6.41. The zero-order chi connectivity index (χ0) is 17.2. The van der Waals surface area contributed by atoms with Crippen LogP contribution in [0.2, 0.25) is 0 Å². The van der Waals surface area contributed by atoms with E-state index in [4.69, 9.17) is 0 Å². The van der Waals surface area contributed by atoms with E-state index in [2.05, 4.69) is 48.3 Å². The number of hydrogen-bond acceptors (Lipinski definition) is 2. The lowest BCUT2D eigenvalue weighted by molar-refractivity contribution is -0.119. The SMILES string of the molecule is CCC(CC)N1CCC2(CCC(NC(C)=O)c3ccccc32)CC1. The van der Waals surface area contributed by atoms with Gasteiger partial charge in [-0.2, -0.15) is 0 Å². The predicted octanol–water partition coefficient (Wildman–Crippen LogP) is 4.18. The van der Waals surface area contributed by atoms with Gasteiger partial charge in [-0.15, -0.1) is 0 Å². The molecule has 1 aromatic rings. The molecule has 3 nitrogen and oxygen atoms in total. The number of nitrogens with zero attached hydrogens (tertiary/aromatic N) is 1. The van der Waals surface area contributed by atoms with Crippen molar-refractivity contribution in [2.75, 3.05) is 13.1 Å². The van der Waals surface area contributed by atoms with Crippen LogP contribution in [0, 0.1) is 0 Å². The lowest BCUT2D eigenvalue weighted by Gasteiger charge is -2.48. The van der Waals surface area contributed by atoms with Gasteiger partial charge in [0.25, 0.3) is 0 Å². The maximum Gasteiger partial charge on any atom is 0.217 e. The Morgan fingerprint density at radius 2 is 1.88 bits per heavy atom. The topological polar surface area (TPSA) is 32.3 Å². The molecule has 24 heavy (non-hydrogen) atoms. The summed E-state index contributed by atoms with van der Waals surface area (Å²) < 4.78 is 0. The minimum absolute atomic E-state index is 0.0781. The average Bonchev–Trinajstić information content (AvgIpc) is 2.60. The van der Waals surface area contributed by atoms with E-state index in [1.54, 1.807) is 6.92 Å². The predicted molar refractivity (Wildman–Crippen MR) is 99.1 cm³/mol. The molecular weight excluding hydrogens is 296 g/mol. The van der Waals surface area contributed by atoms with Crippen molar-refractivity contribution in [2.45, 2.75) is 76.8 Å². The Balaban J connectivity index is 1.81. The minimum Gasteiger partial charge on any atom is -0.350 e. The summed E-state index contributed by atoms with van der Waals surface area (Å²) in [5.41, 5.74) is 3.18. The Labute approximate surface area is 146 Å². The van der Waals surface area contributed by atoms with Crippen molar-refractivity contribution in [3.05, 3.63) is 35.4 Å². The molecule has 1 heterocycles. The van der Waals surface area contributed by atoms with E-state index in [9.17, 15) is 4.79 Å². The molecule has 1 saturated heterocycles. The van der Waals surface area contributed by atoms with Crippen molar-refractivity contribution in [1.29, 1.82) is 0 Å². The molecule has 1 aliphatic carbocycles. The molecule has 1 atom stereocenters. The maximum atomic E-state index is 11.6. The number of fused-ring (bicyclic) bond motifs is 2. The fourth-order valence-corrected chi connectivity index (χ4v) is 5.03. The number of benzene rings is 1. The number of carbonyl (C=O) groups is 1. The molecule has 3 rings (SSSR count). The maximum absolute atomic E-state index is 11.6. The van der Waals surface area contributed by atoms with Crippen molar-refractivity contribution in [3.63, 3.8) is 0 Å². The highest BCUT2D eigenvalue weighted by molar-refractivity contribution is 5.73. The van der Waals surface area contributed by atoms with Gasteiger partial charge in [0.2, 0.25) is 5.91 Å². The summed E-state index contributed by atoms with van der Waals surface area (Å²) in [6, 6.07) is 9.77. The second kappa shape index (κ2) is 7.26. The standard InChI is InChI=1S/C21H32N2O/c1-4-17(5-2)23-14-12-21(13-15-23)11-10-20(22-16(3)24)18-8-6-7-9-19(18)21/h6-9,17,20H,4-5,10-15H2,1-3H3,(H,22,24). The monoisotopic (exact) mass is 328 g/mol. The second-order valence-electron chi connectivity index (χ2n) is 7.67. The fraction of sp³-hybridized carbons (Fsp3) is 0.667. The van der Waals surface area contributed by atoms with Crippen LogP contribution < -0.4 is 5.32 Å². The van der Waals surface area contributed by atoms with Gasteiger partial charge in [0.1, 0.15) is 0 Å². The third kappa shape index (κ3) is 3.23. The molecule has 0 saturated carbocycles. The summed E-state index contributed by atoms with van der Waals surface area (Å²) in [4.78, 5) is 14.3.